The minimum absolute atomic E-state index is 0.0967. The van der Waals surface area contributed by atoms with Crippen LogP contribution in [0.15, 0.2) is 54.1 Å². The number of carboxylic acid groups (broad SMARTS) is 1. The van der Waals surface area contributed by atoms with Crippen LogP contribution in [0.2, 0.25) is 0 Å². The van der Waals surface area contributed by atoms with E-state index in [-0.39, 0.29) is 43.5 Å². The fraction of sp³-hybridized carbons (Fsp3) is 0.364. The normalized spacial score (nSPS) is 21.8. The van der Waals surface area contributed by atoms with Crippen molar-refractivity contribution in [1.82, 2.24) is 15.1 Å². The molecule has 11 heteroatoms. The van der Waals surface area contributed by atoms with E-state index in [0.717, 1.165) is 4.88 Å². The molecule has 2 atom stereocenters. The van der Waals surface area contributed by atoms with Crippen molar-refractivity contribution in [2.75, 3.05) is 25.4 Å². The third kappa shape index (κ3) is 4.75. The Morgan fingerprint density at radius 1 is 1.36 bits per heavy atom. The maximum atomic E-state index is 13.6. The Labute approximate surface area is 199 Å². The van der Waals surface area contributed by atoms with Crippen LogP contribution in [0.5, 0.6) is 0 Å². The summed E-state index contributed by atoms with van der Waals surface area (Å²) in [6.07, 6.45) is 3.32. The van der Waals surface area contributed by atoms with Crippen molar-refractivity contribution in [3.05, 3.63) is 59.0 Å². The zero-order valence-electron chi connectivity index (χ0n) is 18.1. The highest BCUT2D eigenvalue weighted by Crippen LogP contribution is 2.48. The molecule has 33 heavy (non-hydrogen) atoms. The number of thioether (sulfide) groups is 1. The quantitative estimate of drug-likeness (QED) is 0.208. The first-order valence-electron chi connectivity index (χ1n) is 10.1. The molecule has 1 fully saturated rings. The lowest BCUT2D eigenvalue weighted by Gasteiger charge is -2.60. The highest BCUT2D eigenvalue weighted by molar-refractivity contribution is 8.00. The van der Waals surface area contributed by atoms with Crippen molar-refractivity contribution in [3.8, 4) is 0 Å². The molecule has 2 N–H and O–H groups in total. The fourth-order valence-electron chi connectivity index (χ4n) is 3.89. The number of esters is 1. The minimum Gasteiger partial charge on any atom is -0.477 e. The van der Waals surface area contributed by atoms with Gasteiger partial charge in [0.25, 0.3) is 5.91 Å². The van der Waals surface area contributed by atoms with Crippen molar-refractivity contribution in [2.45, 2.75) is 24.4 Å². The van der Waals surface area contributed by atoms with Gasteiger partial charge >= 0.3 is 11.9 Å². The van der Waals surface area contributed by atoms with Gasteiger partial charge in [-0.05, 0) is 11.4 Å². The Balaban J connectivity index is 1.98. The third-order valence-electron chi connectivity index (χ3n) is 5.22. The fourth-order valence-corrected chi connectivity index (χ4v) is 6.07. The summed E-state index contributed by atoms with van der Waals surface area (Å²) in [6.45, 7) is 9.05. The van der Waals surface area contributed by atoms with Crippen LogP contribution in [0, 0.1) is 0 Å². The molecule has 0 saturated carbocycles. The summed E-state index contributed by atoms with van der Waals surface area (Å²) in [7, 11) is 0. The van der Waals surface area contributed by atoms with E-state index >= 15 is 0 Å². The second kappa shape index (κ2) is 10.4. The zero-order chi connectivity index (χ0) is 24.2. The smallest absolute Gasteiger partial charge is 0.352 e. The molecule has 0 unspecified atom stereocenters. The molecule has 176 valence electrons. The monoisotopic (exact) mass is 491 g/mol. The summed E-state index contributed by atoms with van der Waals surface area (Å²) in [6, 6.07) is 3.67. The Morgan fingerprint density at radius 2 is 2.06 bits per heavy atom. The number of amides is 2. The predicted molar refractivity (Wildman–Crippen MR) is 125 cm³/mol. The Hall–Kier alpha value is -2.89. The van der Waals surface area contributed by atoms with Crippen LogP contribution >= 0.6 is 23.1 Å². The molecule has 0 bridgehead atoms. The molecule has 0 spiro atoms. The largest absolute Gasteiger partial charge is 0.477 e. The van der Waals surface area contributed by atoms with Gasteiger partial charge in [-0.15, -0.1) is 36.3 Å². The lowest BCUT2D eigenvalue weighted by atomic mass is 9.92. The second-order valence-corrected chi connectivity index (χ2v) is 9.53. The first kappa shape index (κ1) is 24.7. The van der Waals surface area contributed by atoms with Crippen LogP contribution in [-0.4, -0.2) is 75.1 Å². The van der Waals surface area contributed by atoms with E-state index in [4.69, 9.17) is 4.74 Å². The zero-order valence-corrected chi connectivity index (χ0v) is 19.7. The summed E-state index contributed by atoms with van der Waals surface area (Å²) in [5, 5.41) is 13.9. The van der Waals surface area contributed by atoms with Crippen LogP contribution < -0.4 is 5.32 Å². The summed E-state index contributed by atoms with van der Waals surface area (Å²) in [5.41, 5.74) is -1.36. The van der Waals surface area contributed by atoms with E-state index in [0.29, 0.717) is 5.57 Å². The first-order valence-corrected chi connectivity index (χ1v) is 12.0. The predicted octanol–water partition coefficient (Wildman–Crippen LogP) is 1.59. The maximum absolute atomic E-state index is 13.6. The minimum atomic E-state index is -1.46. The number of β-lactam (4-membered cyclic amide) rings is 1. The lowest BCUT2D eigenvalue weighted by molar-refractivity contribution is -0.173. The molecular weight excluding hydrogens is 466 g/mol. The molecule has 2 aliphatic heterocycles. The Morgan fingerprint density at radius 3 is 2.61 bits per heavy atom. The van der Waals surface area contributed by atoms with Gasteiger partial charge in [-0.1, -0.05) is 18.2 Å². The van der Waals surface area contributed by atoms with E-state index in [2.05, 4.69) is 18.5 Å². The van der Waals surface area contributed by atoms with Crippen molar-refractivity contribution < 1.29 is 29.0 Å². The number of carbonyl (C=O) groups is 4. The number of aliphatic carboxylic acids is 1. The topological polar surface area (TPSA) is 116 Å². The molecule has 0 aromatic carbocycles. The standard InChI is InChI=1S/C22H25N3O6S2/c1-4-8-24(9-5-2)22(23-17(27)11-16-7-6-10-32-16)20(30)25-18(19(28)29)15(12-31-14(3)26)13-33-21(22)25/h4-7,10,21H,1-2,8-9,11-13H2,3H3,(H,23,27)(H,28,29)/t21-,22-/m1/s1. The van der Waals surface area contributed by atoms with Gasteiger partial charge in [-0.25, -0.2) is 4.79 Å². The molecule has 0 radical (unpaired) electrons. The van der Waals surface area contributed by atoms with Crippen molar-refractivity contribution in [2.24, 2.45) is 0 Å². The molecular formula is C22H25N3O6S2. The summed E-state index contributed by atoms with van der Waals surface area (Å²) in [5.74, 6) is -2.54. The maximum Gasteiger partial charge on any atom is 0.352 e. The van der Waals surface area contributed by atoms with E-state index in [1.54, 1.807) is 17.1 Å². The van der Waals surface area contributed by atoms with Crippen molar-refractivity contribution in [3.63, 3.8) is 0 Å². The van der Waals surface area contributed by atoms with Crippen LogP contribution in [0.25, 0.3) is 0 Å². The summed E-state index contributed by atoms with van der Waals surface area (Å²) < 4.78 is 4.99. The van der Waals surface area contributed by atoms with Crippen LogP contribution in [0.4, 0.5) is 0 Å². The number of hydrogen-bond acceptors (Lipinski definition) is 8. The van der Waals surface area contributed by atoms with Gasteiger partial charge < -0.3 is 15.2 Å². The third-order valence-corrected chi connectivity index (χ3v) is 7.48. The van der Waals surface area contributed by atoms with Gasteiger partial charge in [0.05, 0.1) is 6.42 Å². The number of carbonyl (C=O) groups excluding carboxylic acids is 3. The summed E-state index contributed by atoms with van der Waals surface area (Å²) >= 11 is 2.74. The molecule has 1 saturated heterocycles. The number of nitrogens with one attached hydrogen (secondary N) is 1. The van der Waals surface area contributed by atoms with E-state index in [1.165, 1.54) is 34.9 Å². The number of fused-ring (bicyclic) bond motifs is 1. The average molecular weight is 492 g/mol. The van der Waals surface area contributed by atoms with Gasteiger partial charge in [0.1, 0.15) is 17.7 Å². The molecule has 3 rings (SSSR count). The molecule has 2 amide bonds. The molecule has 3 heterocycles. The van der Waals surface area contributed by atoms with Gasteiger partial charge in [0.2, 0.25) is 11.6 Å². The van der Waals surface area contributed by atoms with Gasteiger partial charge in [-0.2, -0.15) is 0 Å². The average Bonchev–Trinajstić information content (AvgIpc) is 3.27. The Kier molecular flexibility index (Phi) is 7.77. The van der Waals surface area contributed by atoms with E-state index in [9.17, 15) is 24.3 Å². The number of hydrogen-bond donors (Lipinski definition) is 2. The van der Waals surface area contributed by atoms with Crippen LogP contribution in [-0.2, 0) is 30.3 Å². The second-order valence-electron chi connectivity index (χ2n) is 7.43. The van der Waals surface area contributed by atoms with E-state index in [1.807, 2.05) is 17.5 Å². The van der Waals surface area contributed by atoms with Crippen LogP contribution in [0.3, 0.4) is 0 Å². The van der Waals surface area contributed by atoms with Gasteiger partial charge in [0, 0.05) is 36.2 Å². The summed E-state index contributed by atoms with van der Waals surface area (Å²) in [4.78, 5) is 53.6. The number of carboxylic acids is 1. The Bertz CT molecular complexity index is 996. The highest BCUT2D eigenvalue weighted by Gasteiger charge is 2.68. The number of thiophene rings is 1. The van der Waals surface area contributed by atoms with E-state index < -0.39 is 28.9 Å². The van der Waals surface area contributed by atoms with Crippen LogP contribution in [0.1, 0.15) is 11.8 Å². The SMILES string of the molecule is C=CCN(CC=C)[C@]1(NC(=O)Cc2cccs2)C(=O)N2C(C(=O)O)=C(COC(C)=O)CS[C@@H]21. The molecule has 2 aliphatic rings. The lowest BCUT2D eigenvalue weighted by Crippen LogP contribution is -2.85. The number of nitrogens with zero attached hydrogens (tertiary/aromatic N) is 2. The molecule has 0 aliphatic carbocycles. The molecule has 1 aromatic rings. The molecule has 9 nitrogen and oxygen atoms in total. The first-order chi connectivity index (χ1) is 15.8. The number of ether oxygens (including phenoxy) is 1. The van der Waals surface area contributed by atoms with Crippen molar-refractivity contribution >= 4 is 46.9 Å². The number of rotatable bonds is 11. The highest BCUT2D eigenvalue weighted by atomic mass is 32.2. The van der Waals surface area contributed by atoms with Gasteiger partial charge in [-0.3, -0.25) is 24.2 Å². The van der Waals surface area contributed by atoms with Crippen molar-refractivity contribution in [1.29, 1.82) is 0 Å². The van der Waals surface area contributed by atoms with Gasteiger partial charge in [0.15, 0.2) is 0 Å². The molecule has 1 aromatic heterocycles.